The lowest BCUT2D eigenvalue weighted by Crippen LogP contribution is -2.49. The van der Waals surface area contributed by atoms with Crippen molar-refractivity contribution in [3.63, 3.8) is 0 Å². The van der Waals surface area contributed by atoms with Gasteiger partial charge in [-0.05, 0) is 42.5 Å². The number of rotatable bonds is 4. The molecule has 0 saturated heterocycles. The Morgan fingerprint density at radius 3 is 2.19 bits per heavy atom. The van der Waals surface area contributed by atoms with E-state index in [1.165, 1.54) is 0 Å². The number of benzene rings is 3. The van der Waals surface area contributed by atoms with Crippen LogP contribution in [0.1, 0.15) is 27.9 Å². The van der Waals surface area contributed by atoms with Gasteiger partial charge in [-0.25, -0.2) is 0 Å². The van der Waals surface area contributed by atoms with Gasteiger partial charge in [-0.15, -0.1) is 0 Å². The maximum atomic E-state index is 13.7. The van der Waals surface area contributed by atoms with Crippen molar-refractivity contribution in [3.05, 3.63) is 112 Å². The van der Waals surface area contributed by atoms with Crippen LogP contribution < -0.4 is 4.90 Å². The smallest absolute Gasteiger partial charge is 0.261 e. The molecule has 0 fully saturated rings. The van der Waals surface area contributed by atoms with Gasteiger partial charge in [0.15, 0.2) is 0 Å². The molecule has 0 bridgehead atoms. The zero-order chi connectivity index (χ0) is 21.6. The molecule has 6 heteroatoms. The first kappa shape index (κ1) is 20.3. The first-order valence-corrected chi connectivity index (χ1v) is 10.7. The van der Waals surface area contributed by atoms with E-state index in [9.17, 15) is 9.90 Å². The normalized spacial score (nSPS) is 24.6. The largest absolute Gasteiger partial charge is 0.389 e. The van der Waals surface area contributed by atoms with E-state index in [0.717, 1.165) is 11.1 Å². The average Bonchev–Trinajstić information content (AvgIpc) is 3.29. The summed E-state index contributed by atoms with van der Waals surface area (Å²) in [6.45, 7) is 0. The SMILES string of the molecule is O=C1c2ccccc2C(OC2C=CC(O)C2)(c2ccc(Cl)cc2)N1c1ccc(Cl)cc1. The molecule has 1 N–H and O–H groups in total. The zero-order valence-electron chi connectivity index (χ0n) is 16.4. The van der Waals surface area contributed by atoms with Crippen molar-refractivity contribution in [2.45, 2.75) is 24.4 Å². The van der Waals surface area contributed by atoms with Crippen LogP contribution >= 0.6 is 23.2 Å². The molecular weight excluding hydrogens is 433 g/mol. The van der Waals surface area contributed by atoms with Gasteiger partial charge in [-0.1, -0.05) is 65.7 Å². The molecule has 1 heterocycles. The molecule has 2 aliphatic rings. The molecule has 156 valence electrons. The molecule has 4 nitrogen and oxygen atoms in total. The van der Waals surface area contributed by atoms with E-state index >= 15 is 0 Å². The van der Waals surface area contributed by atoms with Crippen molar-refractivity contribution < 1.29 is 14.6 Å². The Balaban J connectivity index is 1.77. The number of fused-ring (bicyclic) bond motifs is 1. The van der Waals surface area contributed by atoms with Gasteiger partial charge in [-0.2, -0.15) is 0 Å². The summed E-state index contributed by atoms with van der Waals surface area (Å²) in [6.07, 6.45) is 3.02. The molecule has 3 atom stereocenters. The molecule has 3 aromatic carbocycles. The van der Waals surface area contributed by atoms with E-state index in [2.05, 4.69) is 0 Å². The Morgan fingerprint density at radius 2 is 1.55 bits per heavy atom. The molecular formula is C25H19Cl2NO3. The Hall–Kier alpha value is -2.63. The van der Waals surface area contributed by atoms with E-state index in [0.29, 0.717) is 27.7 Å². The van der Waals surface area contributed by atoms with Crippen molar-refractivity contribution in [2.75, 3.05) is 4.90 Å². The van der Waals surface area contributed by atoms with E-state index < -0.39 is 11.8 Å². The summed E-state index contributed by atoms with van der Waals surface area (Å²) in [5, 5.41) is 11.2. The van der Waals surface area contributed by atoms with E-state index in [4.69, 9.17) is 27.9 Å². The van der Waals surface area contributed by atoms with Crippen molar-refractivity contribution >= 4 is 34.8 Å². The second kappa shape index (κ2) is 7.81. The summed E-state index contributed by atoms with van der Waals surface area (Å²) in [5.41, 5.74) is 1.50. The van der Waals surface area contributed by atoms with Crippen molar-refractivity contribution in [2.24, 2.45) is 0 Å². The van der Waals surface area contributed by atoms with Gasteiger partial charge in [0.1, 0.15) is 0 Å². The highest BCUT2D eigenvalue weighted by Crippen LogP contribution is 2.49. The Kier molecular flexibility index (Phi) is 5.11. The number of hydrogen-bond acceptors (Lipinski definition) is 3. The number of carbonyl (C=O) groups excluding carboxylic acids is 1. The number of aliphatic hydroxyl groups is 1. The fourth-order valence-corrected chi connectivity index (χ4v) is 4.59. The number of ether oxygens (including phenoxy) is 1. The lowest BCUT2D eigenvalue weighted by Gasteiger charge is -2.41. The average molecular weight is 452 g/mol. The highest BCUT2D eigenvalue weighted by molar-refractivity contribution is 6.31. The molecule has 0 aromatic heterocycles. The van der Waals surface area contributed by atoms with Gasteiger partial charge in [0.05, 0.1) is 12.2 Å². The highest BCUT2D eigenvalue weighted by atomic mass is 35.5. The monoisotopic (exact) mass is 451 g/mol. The predicted octanol–water partition coefficient (Wildman–Crippen LogP) is 5.56. The van der Waals surface area contributed by atoms with Crippen LogP contribution in [-0.2, 0) is 10.5 Å². The fourth-order valence-electron chi connectivity index (χ4n) is 4.34. The molecule has 31 heavy (non-hydrogen) atoms. The topological polar surface area (TPSA) is 49.8 Å². The quantitative estimate of drug-likeness (QED) is 0.528. The molecule has 5 rings (SSSR count). The van der Waals surface area contributed by atoms with Crippen molar-refractivity contribution in [1.82, 2.24) is 0 Å². The van der Waals surface area contributed by atoms with Crippen LogP contribution in [0.25, 0.3) is 0 Å². The van der Waals surface area contributed by atoms with Gasteiger partial charge in [0.25, 0.3) is 5.91 Å². The third kappa shape index (κ3) is 3.36. The summed E-state index contributed by atoms with van der Waals surface area (Å²) in [5.74, 6) is -0.171. The molecule has 0 saturated carbocycles. The van der Waals surface area contributed by atoms with Crippen LogP contribution in [0.3, 0.4) is 0 Å². The standard InChI is InChI=1S/C25H19Cl2NO3/c26-17-7-5-16(6-8-17)25(31-21-14-13-20(29)15-21)23-4-2-1-3-22(23)24(30)28(25)19-11-9-18(27)10-12-19/h1-14,20-21,29H,15H2. The van der Waals surface area contributed by atoms with Crippen LogP contribution in [-0.4, -0.2) is 23.2 Å². The van der Waals surface area contributed by atoms with E-state index in [1.54, 1.807) is 53.4 Å². The minimum absolute atomic E-state index is 0.171. The lowest BCUT2D eigenvalue weighted by molar-refractivity contribution is -0.0526. The first-order valence-electron chi connectivity index (χ1n) is 9.99. The zero-order valence-corrected chi connectivity index (χ0v) is 17.9. The maximum absolute atomic E-state index is 13.7. The van der Waals surface area contributed by atoms with Crippen LogP contribution in [0.5, 0.6) is 0 Å². The van der Waals surface area contributed by atoms with E-state index in [1.807, 2.05) is 36.4 Å². The number of hydrogen-bond donors (Lipinski definition) is 1. The second-order valence-electron chi connectivity index (χ2n) is 7.66. The number of aliphatic hydroxyl groups excluding tert-OH is 1. The lowest BCUT2D eigenvalue weighted by atomic mass is 9.92. The molecule has 3 unspecified atom stereocenters. The fraction of sp³-hybridized carbons (Fsp3) is 0.160. The number of carbonyl (C=O) groups is 1. The van der Waals surface area contributed by atoms with Crippen LogP contribution in [0.15, 0.2) is 84.9 Å². The van der Waals surface area contributed by atoms with Crippen molar-refractivity contribution in [1.29, 1.82) is 0 Å². The summed E-state index contributed by atoms with van der Waals surface area (Å²) in [6, 6.07) is 21.9. The second-order valence-corrected chi connectivity index (χ2v) is 8.53. The molecule has 1 aliphatic carbocycles. The van der Waals surface area contributed by atoms with Crippen LogP contribution in [0, 0.1) is 0 Å². The predicted molar refractivity (Wildman–Crippen MR) is 122 cm³/mol. The molecule has 0 spiro atoms. The number of nitrogens with zero attached hydrogens (tertiary/aromatic N) is 1. The minimum atomic E-state index is -1.23. The van der Waals surface area contributed by atoms with Crippen LogP contribution in [0.2, 0.25) is 10.0 Å². The molecule has 0 radical (unpaired) electrons. The van der Waals surface area contributed by atoms with Gasteiger partial charge >= 0.3 is 0 Å². The highest BCUT2D eigenvalue weighted by Gasteiger charge is 2.54. The van der Waals surface area contributed by atoms with Gasteiger partial charge in [0, 0.05) is 38.8 Å². The Bertz CT molecular complexity index is 1160. The first-order chi connectivity index (χ1) is 15.0. The molecule has 1 amide bonds. The summed E-state index contributed by atoms with van der Waals surface area (Å²) in [4.78, 5) is 15.4. The summed E-state index contributed by atoms with van der Waals surface area (Å²) >= 11 is 12.3. The van der Waals surface area contributed by atoms with Gasteiger partial charge < -0.3 is 9.84 Å². The number of anilines is 1. The maximum Gasteiger partial charge on any atom is 0.261 e. The van der Waals surface area contributed by atoms with Gasteiger partial charge in [-0.3, -0.25) is 9.69 Å². The number of halogens is 2. The third-order valence-corrected chi connectivity index (χ3v) is 6.21. The summed E-state index contributed by atoms with van der Waals surface area (Å²) < 4.78 is 6.73. The third-order valence-electron chi connectivity index (χ3n) is 5.70. The summed E-state index contributed by atoms with van der Waals surface area (Å²) in [7, 11) is 0. The minimum Gasteiger partial charge on any atom is -0.389 e. The Morgan fingerprint density at radius 1 is 0.903 bits per heavy atom. The Labute approximate surface area is 190 Å². The van der Waals surface area contributed by atoms with Crippen LogP contribution in [0.4, 0.5) is 5.69 Å². The number of amides is 1. The van der Waals surface area contributed by atoms with Gasteiger partial charge in [0.2, 0.25) is 5.72 Å². The van der Waals surface area contributed by atoms with Crippen molar-refractivity contribution in [3.8, 4) is 0 Å². The van der Waals surface area contributed by atoms with E-state index in [-0.39, 0.29) is 12.0 Å². The molecule has 1 aliphatic heterocycles. The molecule has 3 aromatic rings.